The van der Waals surface area contributed by atoms with Crippen LogP contribution in [-0.4, -0.2) is 66.3 Å². The van der Waals surface area contributed by atoms with Crippen molar-refractivity contribution >= 4 is 17.3 Å². The summed E-state index contributed by atoms with van der Waals surface area (Å²) in [6.07, 6.45) is 1.39. The van der Waals surface area contributed by atoms with Crippen LogP contribution >= 0.6 is 0 Å². The molecule has 9 atom stereocenters. The predicted molar refractivity (Wildman–Crippen MR) is 135 cm³/mol. The molecule has 9 unspecified atom stereocenters. The third-order valence-corrected chi connectivity index (χ3v) is 10.6. The van der Waals surface area contributed by atoms with Crippen LogP contribution in [0.1, 0.15) is 74.1 Å². The summed E-state index contributed by atoms with van der Waals surface area (Å²) < 4.78 is 0. The average Bonchev–Trinajstić information content (AvgIpc) is 3.02. The second kappa shape index (κ2) is 8.31. The number of aliphatic hydroxyl groups is 5. The Kier molecular flexibility index (Phi) is 6.32. The first-order chi connectivity index (χ1) is 16.7. The molecule has 37 heavy (non-hydrogen) atoms. The molecule has 8 nitrogen and oxygen atoms in total. The van der Waals surface area contributed by atoms with Gasteiger partial charge >= 0.3 is 0 Å². The number of rotatable bonds is 5. The summed E-state index contributed by atoms with van der Waals surface area (Å²) >= 11 is 0. The molecule has 4 aliphatic rings. The van der Waals surface area contributed by atoms with E-state index in [2.05, 4.69) is 0 Å². The van der Waals surface area contributed by atoms with E-state index in [1.165, 1.54) is 26.8 Å². The fourth-order valence-corrected chi connectivity index (χ4v) is 8.29. The van der Waals surface area contributed by atoms with Crippen LogP contribution in [0.2, 0.25) is 0 Å². The summed E-state index contributed by atoms with van der Waals surface area (Å²) in [6.45, 7) is 11.3. The zero-order chi connectivity index (χ0) is 28.1. The molecular weight excluding hydrogens is 476 g/mol. The van der Waals surface area contributed by atoms with Crippen molar-refractivity contribution in [3.8, 4) is 0 Å². The van der Waals surface area contributed by atoms with Gasteiger partial charge in [-0.25, -0.2) is 0 Å². The van der Waals surface area contributed by atoms with Crippen molar-refractivity contribution in [2.45, 2.75) is 97.6 Å². The van der Waals surface area contributed by atoms with Crippen molar-refractivity contribution in [2.24, 2.45) is 39.9 Å². The molecule has 0 bridgehead atoms. The minimum atomic E-state index is -2.03. The second-order valence-electron chi connectivity index (χ2n) is 13.7. The molecule has 0 spiro atoms. The Bertz CT molecular complexity index is 1090. The van der Waals surface area contributed by atoms with E-state index in [0.717, 1.165) is 5.57 Å². The number of aliphatic hydroxyl groups excluding tert-OH is 3. The molecular formula is C29H42O8. The second-order valence-corrected chi connectivity index (χ2v) is 13.7. The fourth-order valence-electron chi connectivity index (χ4n) is 8.29. The summed E-state index contributed by atoms with van der Waals surface area (Å²) in [5.41, 5.74) is -5.50. The minimum Gasteiger partial charge on any atom is -0.505 e. The van der Waals surface area contributed by atoms with Crippen LogP contribution in [0.3, 0.4) is 0 Å². The number of ketones is 3. The molecule has 2 fully saturated rings. The van der Waals surface area contributed by atoms with Crippen LogP contribution in [0.25, 0.3) is 0 Å². The minimum absolute atomic E-state index is 0.0244. The van der Waals surface area contributed by atoms with Crippen LogP contribution in [0.15, 0.2) is 23.5 Å². The summed E-state index contributed by atoms with van der Waals surface area (Å²) in [5.74, 6) is -3.33. The van der Waals surface area contributed by atoms with E-state index in [0.29, 0.717) is 12.8 Å². The van der Waals surface area contributed by atoms with E-state index in [-0.39, 0.29) is 35.6 Å². The fraction of sp³-hybridized carbons (Fsp3) is 0.759. The Balaban J connectivity index is 1.73. The lowest BCUT2D eigenvalue weighted by Gasteiger charge is -2.59. The van der Waals surface area contributed by atoms with Gasteiger partial charge in [-0.15, -0.1) is 0 Å². The van der Waals surface area contributed by atoms with Crippen molar-refractivity contribution in [3.05, 3.63) is 23.5 Å². The summed E-state index contributed by atoms with van der Waals surface area (Å²) in [6, 6.07) is 0. The summed E-state index contributed by atoms with van der Waals surface area (Å²) in [7, 11) is 0. The molecule has 8 heteroatoms. The highest BCUT2D eigenvalue weighted by atomic mass is 16.3. The van der Waals surface area contributed by atoms with Gasteiger partial charge in [0.1, 0.15) is 11.4 Å². The topological polar surface area (TPSA) is 152 Å². The predicted octanol–water partition coefficient (Wildman–Crippen LogP) is 2.42. The van der Waals surface area contributed by atoms with Crippen LogP contribution in [0, 0.1) is 39.9 Å². The number of carbonyl (C=O) groups excluding carboxylic acids is 3. The number of hydrogen-bond acceptors (Lipinski definition) is 8. The van der Waals surface area contributed by atoms with Gasteiger partial charge in [0.05, 0.1) is 23.2 Å². The lowest BCUT2D eigenvalue weighted by molar-refractivity contribution is -0.170. The Hall–Kier alpha value is -1.87. The molecule has 5 N–H and O–H groups in total. The first-order valence-electron chi connectivity index (χ1n) is 13.2. The highest BCUT2D eigenvalue weighted by Crippen LogP contribution is 2.68. The third kappa shape index (κ3) is 3.81. The van der Waals surface area contributed by atoms with E-state index in [1.807, 2.05) is 19.9 Å². The van der Waals surface area contributed by atoms with Gasteiger partial charge in [-0.2, -0.15) is 0 Å². The molecule has 4 aliphatic carbocycles. The van der Waals surface area contributed by atoms with Crippen molar-refractivity contribution in [1.82, 2.24) is 0 Å². The van der Waals surface area contributed by atoms with E-state index >= 15 is 0 Å². The Morgan fingerprint density at radius 1 is 1.11 bits per heavy atom. The van der Waals surface area contributed by atoms with Crippen LogP contribution < -0.4 is 0 Å². The summed E-state index contributed by atoms with van der Waals surface area (Å²) in [5, 5.41) is 53.7. The van der Waals surface area contributed by atoms with E-state index in [4.69, 9.17) is 0 Å². The maximum atomic E-state index is 14.1. The van der Waals surface area contributed by atoms with Crippen molar-refractivity contribution in [3.63, 3.8) is 0 Å². The monoisotopic (exact) mass is 518 g/mol. The Morgan fingerprint density at radius 3 is 2.27 bits per heavy atom. The number of Topliss-reactive ketones (excluding diaryl/α,β-unsaturated/α-hetero) is 3. The van der Waals surface area contributed by atoms with Gasteiger partial charge in [0.15, 0.2) is 11.5 Å². The Labute approximate surface area is 218 Å². The summed E-state index contributed by atoms with van der Waals surface area (Å²) in [4.78, 5) is 40.0. The molecule has 0 saturated heterocycles. The van der Waals surface area contributed by atoms with Crippen molar-refractivity contribution < 1.29 is 39.9 Å². The van der Waals surface area contributed by atoms with Crippen LogP contribution in [0.4, 0.5) is 0 Å². The normalized spacial score (nSPS) is 41.5. The van der Waals surface area contributed by atoms with Gasteiger partial charge in [0.25, 0.3) is 0 Å². The molecule has 4 rings (SSSR count). The van der Waals surface area contributed by atoms with E-state index < -0.39 is 63.7 Å². The third-order valence-electron chi connectivity index (χ3n) is 10.6. The van der Waals surface area contributed by atoms with E-state index in [9.17, 15) is 39.9 Å². The molecule has 2 saturated carbocycles. The van der Waals surface area contributed by atoms with Gasteiger partial charge in [-0.05, 0) is 70.8 Å². The zero-order valence-electron chi connectivity index (χ0n) is 22.9. The quantitative estimate of drug-likeness (QED) is 0.348. The first kappa shape index (κ1) is 28.1. The highest BCUT2D eigenvalue weighted by Gasteiger charge is 2.70. The molecule has 0 aromatic heterocycles. The lowest BCUT2D eigenvalue weighted by Crippen LogP contribution is -2.61. The van der Waals surface area contributed by atoms with Crippen LogP contribution in [-0.2, 0) is 14.4 Å². The molecule has 206 valence electrons. The van der Waals surface area contributed by atoms with Gasteiger partial charge in [0.2, 0.25) is 5.78 Å². The number of allylic oxidation sites excluding steroid dienone is 4. The van der Waals surface area contributed by atoms with Crippen molar-refractivity contribution in [2.75, 3.05) is 0 Å². The molecule has 0 heterocycles. The smallest absolute Gasteiger partial charge is 0.206 e. The molecule has 0 radical (unpaired) electrons. The molecule has 0 aromatic carbocycles. The maximum absolute atomic E-state index is 14.1. The number of fused-ring (bicyclic) bond motifs is 5. The van der Waals surface area contributed by atoms with E-state index in [1.54, 1.807) is 13.8 Å². The highest BCUT2D eigenvalue weighted by molar-refractivity contribution is 6.02. The van der Waals surface area contributed by atoms with Gasteiger partial charge in [-0.3, -0.25) is 14.4 Å². The SMILES string of the molecule is CC1(C)C(=O)C(O)=CC2C1=CCC1C3CC(O)C(C(C)(O)C(=O)CC(O)C(C)(C)O)C3(C)CC(=O)C21C. The largest absolute Gasteiger partial charge is 0.505 e. The van der Waals surface area contributed by atoms with Crippen molar-refractivity contribution in [1.29, 1.82) is 0 Å². The lowest BCUT2D eigenvalue weighted by atomic mass is 9.43. The Morgan fingerprint density at radius 2 is 1.70 bits per heavy atom. The molecule has 0 amide bonds. The molecule has 0 aliphatic heterocycles. The molecule has 0 aromatic rings. The number of hydrogen-bond donors (Lipinski definition) is 5. The van der Waals surface area contributed by atoms with Gasteiger partial charge < -0.3 is 25.5 Å². The first-order valence-corrected chi connectivity index (χ1v) is 13.2. The van der Waals surface area contributed by atoms with Gasteiger partial charge in [0, 0.05) is 30.1 Å². The maximum Gasteiger partial charge on any atom is 0.206 e. The van der Waals surface area contributed by atoms with Crippen LogP contribution in [0.5, 0.6) is 0 Å². The zero-order valence-corrected chi connectivity index (χ0v) is 22.9. The number of carbonyl (C=O) groups is 3. The average molecular weight is 519 g/mol. The standard InChI is InChI=1S/C29H42O8/c1-25(2)14-8-9-15-16-10-18(30)23(29(7,37)21(33)12-20(32)26(3,4)36)27(16,5)13-22(34)28(15,6)17(14)11-19(31)24(25)35/h8,11,15-18,20,23,30-32,36-37H,9-10,12-13H2,1-7H3. The van der Waals surface area contributed by atoms with Gasteiger partial charge in [-0.1, -0.05) is 25.5 Å².